The molecule has 0 amide bonds. The van der Waals surface area contributed by atoms with Gasteiger partial charge in [-0.25, -0.2) is 27.8 Å². The molecule has 0 aliphatic carbocycles. The number of alkyl halides is 2. The minimum atomic E-state index is -4.00. The number of aromatic nitrogens is 5. The van der Waals surface area contributed by atoms with Crippen molar-refractivity contribution in [2.24, 2.45) is 7.05 Å². The lowest BCUT2D eigenvalue weighted by Gasteiger charge is -2.30. The zero-order valence-electron chi connectivity index (χ0n) is 20.7. The molecule has 196 valence electrons. The van der Waals surface area contributed by atoms with Gasteiger partial charge in [0.25, 0.3) is 0 Å². The van der Waals surface area contributed by atoms with Crippen LogP contribution in [0, 0.1) is 12.7 Å². The monoisotopic (exact) mass is 534 g/mol. The van der Waals surface area contributed by atoms with Gasteiger partial charge in [0, 0.05) is 24.2 Å². The predicted octanol–water partition coefficient (Wildman–Crippen LogP) is 4.07. The van der Waals surface area contributed by atoms with Crippen LogP contribution in [0.2, 0.25) is 0 Å². The normalized spacial score (nSPS) is 13.6. The van der Waals surface area contributed by atoms with Gasteiger partial charge < -0.3 is 10.4 Å². The van der Waals surface area contributed by atoms with Gasteiger partial charge in [-0.3, -0.25) is 4.68 Å². The molecule has 4 rings (SSSR count). The summed E-state index contributed by atoms with van der Waals surface area (Å²) in [5.41, 5.74) is -3.20. The maximum atomic E-state index is 15.3. The van der Waals surface area contributed by atoms with Gasteiger partial charge in [0.05, 0.1) is 29.5 Å². The highest BCUT2D eigenvalue weighted by Gasteiger charge is 2.49. The summed E-state index contributed by atoms with van der Waals surface area (Å²) in [6.45, 7) is 4.96. The highest BCUT2D eigenvalue weighted by atomic mass is 32.2. The van der Waals surface area contributed by atoms with Crippen LogP contribution < -0.4 is 5.32 Å². The molecule has 3 aromatic heterocycles. The Bertz CT molecular complexity index is 1600. The van der Waals surface area contributed by atoms with Crippen molar-refractivity contribution in [3.8, 4) is 0 Å². The molecule has 0 saturated heterocycles. The molecule has 0 unspecified atom stereocenters. The molecule has 37 heavy (non-hydrogen) atoms. The number of sulfone groups is 1. The fraction of sp³-hybridized carbons (Fsp3) is 0.333. The molecule has 0 aliphatic rings. The van der Waals surface area contributed by atoms with Crippen LogP contribution in [0.25, 0.3) is 10.9 Å². The number of benzene rings is 1. The highest BCUT2D eigenvalue weighted by Crippen LogP contribution is 2.41. The average Bonchev–Trinajstić information content (AvgIpc) is 3.25. The topological polar surface area (TPSA) is 123 Å². The van der Waals surface area contributed by atoms with Crippen molar-refractivity contribution in [1.82, 2.24) is 24.7 Å². The summed E-state index contributed by atoms with van der Waals surface area (Å²) >= 11 is 0. The summed E-state index contributed by atoms with van der Waals surface area (Å²) in [5, 5.41) is 16.8. The Kier molecular flexibility index (Phi) is 6.49. The number of fused-ring (bicyclic) bond motifs is 1. The third kappa shape index (κ3) is 4.76. The van der Waals surface area contributed by atoms with Crippen LogP contribution in [-0.2, 0) is 22.8 Å². The number of rotatable bonds is 7. The molecule has 1 atom stereocenters. The Morgan fingerprint density at radius 1 is 1.16 bits per heavy atom. The van der Waals surface area contributed by atoms with E-state index in [0.717, 1.165) is 19.9 Å². The number of pyridine rings is 1. The highest BCUT2D eigenvalue weighted by molar-refractivity contribution is 7.91. The quantitative estimate of drug-likeness (QED) is 0.364. The SMILES string of the molecule is Cc1nc(N[C@H](C)c2cccc(C(F)(F)C(C)(C)O)c2F)c2cc(S(=O)(=O)c3cnn(C)c3)ncc2n1. The third-order valence-electron chi connectivity index (χ3n) is 5.89. The third-order valence-corrected chi connectivity index (χ3v) is 7.50. The molecule has 0 spiro atoms. The first-order valence-electron chi connectivity index (χ1n) is 11.2. The molecule has 0 radical (unpaired) electrons. The van der Waals surface area contributed by atoms with Gasteiger partial charge in [0.15, 0.2) is 5.03 Å². The first-order chi connectivity index (χ1) is 17.1. The van der Waals surface area contributed by atoms with Crippen molar-refractivity contribution in [3.05, 3.63) is 65.6 Å². The number of aliphatic hydroxyl groups is 1. The van der Waals surface area contributed by atoms with Gasteiger partial charge in [0.1, 0.15) is 28.0 Å². The van der Waals surface area contributed by atoms with E-state index in [1.54, 1.807) is 20.9 Å². The van der Waals surface area contributed by atoms with E-state index in [2.05, 4.69) is 25.4 Å². The number of halogens is 3. The molecule has 3 heterocycles. The second-order valence-electron chi connectivity index (χ2n) is 9.22. The summed E-state index contributed by atoms with van der Waals surface area (Å²) < 4.78 is 72.2. The van der Waals surface area contributed by atoms with Gasteiger partial charge in [-0.05, 0) is 39.8 Å². The first-order valence-corrected chi connectivity index (χ1v) is 12.6. The summed E-state index contributed by atoms with van der Waals surface area (Å²) in [7, 11) is -2.42. The van der Waals surface area contributed by atoms with E-state index in [1.807, 2.05) is 0 Å². The summed E-state index contributed by atoms with van der Waals surface area (Å²) in [4.78, 5) is 12.6. The van der Waals surface area contributed by atoms with E-state index in [0.29, 0.717) is 11.3 Å². The van der Waals surface area contributed by atoms with Crippen LogP contribution in [0.1, 0.15) is 43.8 Å². The predicted molar refractivity (Wildman–Crippen MR) is 129 cm³/mol. The second-order valence-corrected chi connectivity index (χ2v) is 11.1. The van der Waals surface area contributed by atoms with Crippen LogP contribution in [0.4, 0.5) is 19.0 Å². The zero-order valence-corrected chi connectivity index (χ0v) is 21.5. The van der Waals surface area contributed by atoms with Gasteiger partial charge in [0.2, 0.25) is 9.84 Å². The van der Waals surface area contributed by atoms with Crippen LogP contribution in [-0.4, -0.2) is 43.9 Å². The van der Waals surface area contributed by atoms with Crippen molar-refractivity contribution in [3.63, 3.8) is 0 Å². The Hall–Kier alpha value is -3.58. The van der Waals surface area contributed by atoms with E-state index in [1.165, 1.54) is 41.5 Å². The van der Waals surface area contributed by atoms with Gasteiger partial charge in [-0.1, -0.05) is 12.1 Å². The van der Waals surface area contributed by atoms with E-state index < -0.39 is 38.8 Å². The maximum Gasteiger partial charge on any atom is 0.303 e. The molecular weight excluding hydrogens is 509 g/mol. The molecule has 2 N–H and O–H groups in total. The molecule has 1 aromatic carbocycles. The van der Waals surface area contributed by atoms with E-state index in [9.17, 15) is 22.3 Å². The zero-order chi connectivity index (χ0) is 27.3. The number of nitrogens with zero attached hydrogens (tertiary/aromatic N) is 5. The maximum absolute atomic E-state index is 15.3. The number of anilines is 1. The fourth-order valence-corrected chi connectivity index (χ4v) is 4.97. The Balaban J connectivity index is 1.77. The molecule has 0 fully saturated rings. The van der Waals surface area contributed by atoms with Crippen LogP contribution >= 0.6 is 0 Å². The molecule has 0 bridgehead atoms. The van der Waals surface area contributed by atoms with Crippen molar-refractivity contribution < 1.29 is 26.7 Å². The lowest BCUT2D eigenvalue weighted by Crippen LogP contribution is -2.41. The summed E-state index contributed by atoms with van der Waals surface area (Å²) in [5.74, 6) is -4.54. The summed E-state index contributed by atoms with van der Waals surface area (Å²) in [6, 6.07) is 3.96. The molecule has 0 saturated carbocycles. The second kappa shape index (κ2) is 9.06. The number of nitrogens with one attached hydrogen (secondary N) is 1. The molecule has 0 aliphatic heterocycles. The average molecular weight is 535 g/mol. The summed E-state index contributed by atoms with van der Waals surface area (Å²) in [6.07, 6.45) is 3.83. The van der Waals surface area contributed by atoms with Crippen LogP contribution in [0.3, 0.4) is 0 Å². The Morgan fingerprint density at radius 2 is 1.86 bits per heavy atom. The minimum absolute atomic E-state index is 0.0515. The minimum Gasteiger partial charge on any atom is -0.384 e. The lowest BCUT2D eigenvalue weighted by molar-refractivity contribution is -0.170. The van der Waals surface area contributed by atoms with Crippen LogP contribution in [0.15, 0.2) is 52.8 Å². The Morgan fingerprint density at radius 3 is 2.49 bits per heavy atom. The van der Waals surface area contributed by atoms with Crippen molar-refractivity contribution in [2.75, 3.05) is 5.32 Å². The van der Waals surface area contributed by atoms with Crippen molar-refractivity contribution in [1.29, 1.82) is 0 Å². The molecular formula is C24H25F3N6O3S. The van der Waals surface area contributed by atoms with E-state index in [4.69, 9.17) is 0 Å². The number of hydrogen-bond acceptors (Lipinski definition) is 8. The molecule has 13 heteroatoms. The smallest absolute Gasteiger partial charge is 0.303 e. The number of hydrogen-bond donors (Lipinski definition) is 2. The van der Waals surface area contributed by atoms with E-state index >= 15 is 4.39 Å². The van der Waals surface area contributed by atoms with Gasteiger partial charge in [-0.2, -0.15) is 13.9 Å². The van der Waals surface area contributed by atoms with Crippen molar-refractivity contribution >= 4 is 26.6 Å². The molecule has 9 nitrogen and oxygen atoms in total. The Labute approximate surface area is 211 Å². The lowest BCUT2D eigenvalue weighted by atomic mass is 9.91. The van der Waals surface area contributed by atoms with Crippen molar-refractivity contribution in [2.45, 2.75) is 55.2 Å². The standard InChI is InChI=1S/C24H25F3N6O3S/c1-13(16-7-6-8-18(21(16)25)24(26,27)23(3,4)34)30-22-17-9-20(28-11-19(17)31-14(2)32-22)37(35,36)15-10-29-33(5)12-15/h6-13,34H,1-5H3,(H,30,31,32)/t13-/m1/s1. The van der Waals surface area contributed by atoms with E-state index in [-0.39, 0.29) is 26.7 Å². The van der Waals surface area contributed by atoms with Gasteiger partial charge in [-0.15, -0.1) is 0 Å². The number of aryl methyl sites for hydroxylation is 2. The molecule has 4 aromatic rings. The largest absolute Gasteiger partial charge is 0.384 e. The first kappa shape index (κ1) is 26.5. The van der Waals surface area contributed by atoms with Gasteiger partial charge >= 0.3 is 5.92 Å². The van der Waals surface area contributed by atoms with Crippen LogP contribution in [0.5, 0.6) is 0 Å². The fourth-order valence-electron chi connectivity index (χ4n) is 3.78.